The molecule has 0 aliphatic rings. The van der Waals surface area contributed by atoms with Crippen molar-refractivity contribution in [2.24, 2.45) is 0 Å². The molecule has 0 fully saturated rings. The summed E-state index contributed by atoms with van der Waals surface area (Å²) in [5.41, 5.74) is 1.08. The Kier molecular flexibility index (Phi) is 6.40. The summed E-state index contributed by atoms with van der Waals surface area (Å²) < 4.78 is 16.7. The first-order chi connectivity index (χ1) is 10.3. The van der Waals surface area contributed by atoms with Crippen molar-refractivity contribution in [2.75, 3.05) is 13.2 Å². The summed E-state index contributed by atoms with van der Waals surface area (Å²) in [5, 5.41) is 7.84. The topological polar surface area (TPSA) is 53.5 Å². The predicted octanol–water partition coefficient (Wildman–Crippen LogP) is 3.09. The van der Waals surface area contributed by atoms with E-state index in [-0.39, 0.29) is 6.61 Å². The minimum Gasteiger partial charge on any atom is -0.471 e. The molecule has 1 heterocycles. The molecule has 0 saturated heterocycles. The molecule has 6 heteroatoms. The number of hydrogen-bond acceptors (Lipinski definition) is 5. The monoisotopic (exact) mass is 308 g/mol. The molecular weight excluding hydrogens is 292 g/mol. The number of nitrogens with zero attached hydrogens (tertiary/aromatic N) is 2. The van der Waals surface area contributed by atoms with Gasteiger partial charge in [0.25, 0.3) is 0 Å². The van der Waals surface area contributed by atoms with Gasteiger partial charge >= 0.3 is 0 Å². The second-order valence-electron chi connectivity index (χ2n) is 4.19. The van der Waals surface area contributed by atoms with Crippen molar-refractivity contribution < 1.29 is 14.2 Å². The fourth-order valence-electron chi connectivity index (χ4n) is 1.63. The number of aromatic nitrogens is 2. The molecule has 0 amide bonds. The molecule has 0 aliphatic carbocycles. The minimum absolute atomic E-state index is 0.233. The van der Waals surface area contributed by atoms with E-state index in [1.54, 1.807) is 12.1 Å². The van der Waals surface area contributed by atoms with E-state index in [1.807, 2.05) is 37.3 Å². The van der Waals surface area contributed by atoms with Gasteiger partial charge in [-0.2, -0.15) is 0 Å². The van der Waals surface area contributed by atoms with Crippen molar-refractivity contribution in [3.05, 3.63) is 53.2 Å². The van der Waals surface area contributed by atoms with Gasteiger partial charge in [0.2, 0.25) is 5.88 Å². The van der Waals surface area contributed by atoms with Gasteiger partial charge in [-0.15, -0.1) is 10.2 Å². The Balaban J connectivity index is 1.82. The Labute approximate surface area is 128 Å². The molecule has 1 atom stereocenters. The van der Waals surface area contributed by atoms with Crippen LogP contribution in [0.2, 0.25) is 5.15 Å². The van der Waals surface area contributed by atoms with E-state index in [1.165, 1.54) is 0 Å². The highest BCUT2D eigenvalue weighted by Gasteiger charge is 2.11. The summed E-state index contributed by atoms with van der Waals surface area (Å²) in [6, 6.07) is 13.1. The first-order valence-electron chi connectivity index (χ1n) is 6.67. The van der Waals surface area contributed by atoms with Crippen LogP contribution in [0.5, 0.6) is 5.88 Å². The van der Waals surface area contributed by atoms with Crippen LogP contribution in [0.15, 0.2) is 42.5 Å². The maximum Gasteiger partial charge on any atom is 0.233 e. The van der Waals surface area contributed by atoms with Crippen LogP contribution in [-0.4, -0.2) is 29.7 Å². The average Bonchev–Trinajstić information content (AvgIpc) is 2.52. The van der Waals surface area contributed by atoms with E-state index in [0.717, 1.165) is 5.56 Å². The standard InChI is InChI=1S/C15H17ClN2O3/c1-2-19-15(21-10-12-6-4-3-5-7-12)11-20-14-9-8-13(16)17-18-14/h3-9,15H,2,10-11H2,1H3. The van der Waals surface area contributed by atoms with Crippen LogP contribution in [0, 0.1) is 0 Å². The summed E-state index contributed by atoms with van der Waals surface area (Å²) in [5.74, 6) is 0.382. The first-order valence-corrected chi connectivity index (χ1v) is 7.05. The Morgan fingerprint density at radius 2 is 1.86 bits per heavy atom. The van der Waals surface area contributed by atoms with Crippen LogP contribution in [0.1, 0.15) is 12.5 Å². The molecule has 0 bridgehead atoms. The fourth-order valence-corrected chi connectivity index (χ4v) is 1.73. The third kappa shape index (κ3) is 5.67. The average molecular weight is 309 g/mol. The zero-order chi connectivity index (χ0) is 14.9. The summed E-state index contributed by atoms with van der Waals surface area (Å²) in [6.07, 6.45) is -0.465. The minimum atomic E-state index is -0.465. The van der Waals surface area contributed by atoms with Crippen LogP contribution in [0.4, 0.5) is 0 Å². The predicted molar refractivity (Wildman–Crippen MR) is 79.2 cm³/mol. The second kappa shape index (κ2) is 8.56. The molecule has 1 aromatic heterocycles. The Hall–Kier alpha value is -1.69. The third-order valence-corrected chi connectivity index (χ3v) is 2.81. The Morgan fingerprint density at radius 1 is 1.05 bits per heavy atom. The molecule has 21 heavy (non-hydrogen) atoms. The van der Waals surface area contributed by atoms with E-state index >= 15 is 0 Å². The van der Waals surface area contributed by atoms with Crippen LogP contribution < -0.4 is 4.74 Å². The Bertz CT molecular complexity index is 522. The molecule has 5 nitrogen and oxygen atoms in total. The van der Waals surface area contributed by atoms with E-state index in [9.17, 15) is 0 Å². The largest absolute Gasteiger partial charge is 0.471 e. The van der Waals surface area contributed by atoms with Gasteiger partial charge in [-0.25, -0.2) is 0 Å². The van der Waals surface area contributed by atoms with Gasteiger partial charge in [-0.1, -0.05) is 41.9 Å². The van der Waals surface area contributed by atoms with Crippen LogP contribution in [-0.2, 0) is 16.1 Å². The fraction of sp³-hybridized carbons (Fsp3) is 0.333. The summed E-state index contributed by atoms with van der Waals surface area (Å²) in [7, 11) is 0. The molecule has 0 N–H and O–H groups in total. The number of hydrogen-bond donors (Lipinski definition) is 0. The number of benzene rings is 1. The molecule has 2 rings (SSSR count). The lowest BCUT2D eigenvalue weighted by atomic mass is 10.2. The zero-order valence-corrected chi connectivity index (χ0v) is 12.5. The van der Waals surface area contributed by atoms with Crippen LogP contribution in [0.3, 0.4) is 0 Å². The number of halogens is 1. The zero-order valence-electron chi connectivity index (χ0n) is 11.7. The molecule has 0 aliphatic heterocycles. The molecule has 1 unspecified atom stereocenters. The lowest BCUT2D eigenvalue weighted by Crippen LogP contribution is -2.25. The molecule has 0 saturated carbocycles. The van der Waals surface area contributed by atoms with Gasteiger partial charge in [0.1, 0.15) is 6.61 Å². The highest BCUT2D eigenvalue weighted by Crippen LogP contribution is 2.10. The Morgan fingerprint density at radius 3 is 2.52 bits per heavy atom. The molecule has 0 radical (unpaired) electrons. The smallest absolute Gasteiger partial charge is 0.233 e. The van der Waals surface area contributed by atoms with Crippen LogP contribution >= 0.6 is 11.6 Å². The number of rotatable bonds is 8. The quantitative estimate of drug-likeness (QED) is 0.701. The lowest BCUT2D eigenvalue weighted by molar-refractivity contribution is -0.162. The molecule has 1 aromatic carbocycles. The van der Waals surface area contributed by atoms with E-state index in [0.29, 0.717) is 24.2 Å². The van der Waals surface area contributed by atoms with Gasteiger partial charge in [0.15, 0.2) is 11.4 Å². The summed E-state index contributed by atoms with van der Waals surface area (Å²) >= 11 is 5.66. The van der Waals surface area contributed by atoms with E-state index in [2.05, 4.69) is 10.2 Å². The summed E-state index contributed by atoms with van der Waals surface area (Å²) in [6.45, 7) is 3.13. The highest BCUT2D eigenvalue weighted by atomic mass is 35.5. The van der Waals surface area contributed by atoms with Crippen molar-refractivity contribution in [2.45, 2.75) is 19.8 Å². The maximum atomic E-state index is 5.69. The van der Waals surface area contributed by atoms with Crippen LogP contribution in [0.25, 0.3) is 0 Å². The van der Waals surface area contributed by atoms with Crippen molar-refractivity contribution in [1.82, 2.24) is 10.2 Å². The molecular formula is C15H17ClN2O3. The van der Waals surface area contributed by atoms with Gasteiger partial charge in [-0.3, -0.25) is 0 Å². The van der Waals surface area contributed by atoms with E-state index in [4.69, 9.17) is 25.8 Å². The molecule has 0 spiro atoms. The normalized spacial score (nSPS) is 12.1. The highest BCUT2D eigenvalue weighted by molar-refractivity contribution is 6.29. The van der Waals surface area contributed by atoms with Gasteiger partial charge in [0, 0.05) is 12.7 Å². The van der Waals surface area contributed by atoms with Gasteiger partial charge < -0.3 is 14.2 Å². The summed E-state index contributed by atoms with van der Waals surface area (Å²) in [4.78, 5) is 0. The second-order valence-corrected chi connectivity index (χ2v) is 4.57. The molecule has 2 aromatic rings. The van der Waals surface area contributed by atoms with Gasteiger partial charge in [-0.05, 0) is 18.6 Å². The first kappa shape index (κ1) is 15.7. The SMILES string of the molecule is CCOC(COc1ccc(Cl)nn1)OCc1ccccc1. The van der Waals surface area contributed by atoms with E-state index < -0.39 is 6.29 Å². The number of ether oxygens (including phenoxy) is 3. The van der Waals surface area contributed by atoms with Crippen molar-refractivity contribution in [3.63, 3.8) is 0 Å². The lowest BCUT2D eigenvalue weighted by Gasteiger charge is -2.18. The van der Waals surface area contributed by atoms with Crippen molar-refractivity contribution >= 4 is 11.6 Å². The maximum absolute atomic E-state index is 5.69. The van der Waals surface area contributed by atoms with Crippen molar-refractivity contribution in [3.8, 4) is 5.88 Å². The third-order valence-electron chi connectivity index (χ3n) is 2.61. The van der Waals surface area contributed by atoms with Crippen molar-refractivity contribution in [1.29, 1.82) is 0 Å². The van der Waals surface area contributed by atoms with Gasteiger partial charge in [0.05, 0.1) is 6.61 Å². The molecule has 112 valence electrons.